The summed E-state index contributed by atoms with van der Waals surface area (Å²) in [5, 5.41) is 1.31. The number of benzene rings is 1. The summed E-state index contributed by atoms with van der Waals surface area (Å²) < 4.78 is 5.95. The molecule has 2 heterocycles. The van der Waals surface area contributed by atoms with Crippen LogP contribution in [-0.4, -0.2) is 34.0 Å². The first-order valence-corrected chi connectivity index (χ1v) is 7.13. The van der Waals surface area contributed by atoms with Gasteiger partial charge in [0.15, 0.2) is 0 Å². The predicted molar refractivity (Wildman–Crippen MR) is 84.8 cm³/mol. The Bertz CT molecular complexity index is 623. The van der Waals surface area contributed by atoms with Crippen molar-refractivity contribution in [3.63, 3.8) is 0 Å². The maximum atomic E-state index is 5.32. The van der Waals surface area contributed by atoms with E-state index in [2.05, 4.69) is 46.8 Å². The minimum absolute atomic E-state index is 0.265. The summed E-state index contributed by atoms with van der Waals surface area (Å²) in [6.45, 7) is 1.44. The number of aromatic nitrogens is 1. The molecule has 3 rings (SSSR count). The third-order valence-corrected chi connectivity index (χ3v) is 4.21. The van der Waals surface area contributed by atoms with Gasteiger partial charge in [0.05, 0.1) is 19.2 Å². The molecule has 0 saturated carbocycles. The molecule has 0 bridgehead atoms. The van der Waals surface area contributed by atoms with Gasteiger partial charge in [-0.3, -0.25) is 0 Å². The number of hydrogen-bond acceptors (Lipinski definition) is 2. The van der Waals surface area contributed by atoms with Crippen LogP contribution in [0.4, 0.5) is 0 Å². The first-order valence-electron chi connectivity index (χ1n) is 6.27. The van der Waals surface area contributed by atoms with Crippen LogP contribution in [0.15, 0.2) is 24.3 Å². The van der Waals surface area contributed by atoms with Crippen LogP contribution in [0, 0.1) is 0 Å². The number of rotatable bonds is 2. The summed E-state index contributed by atoms with van der Waals surface area (Å²) in [6, 6.07) is 8.68. The number of methoxy groups -OCH3 is 1. The molecule has 0 saturated heterocycles. The Morgan fingerprint density at radius 3 is 3.05 bits per heavy atom. The first-order chi connectivity index (χ1) is 9.20. The van der Waals surface area contributed by atoms with Crippen LogP contribution in [0.2, 0.25) is 0 Å². The first kappa shape index (κ1) is 13.0. The molecule has 1 aromatic carbocycles. The number of nitrogens with one attached hydrogen (secondary N) is 1. The van der Waals surface area contributed by atoms with Gasteiger partial charge in [-0.15, -0.1) is 12.6 Å². The number of nitrogens with zero attached hydrogens (tertiary/aromatic N) is 1. The molecule has 0 spiro atoms. The van der Waals surface area contributed by atoms with Crippen LogP contribution < -0.4 is 0 Å². The number of aromatic amines is 1. The van der Waals surface area contributed by atoms with E-state index in [0.717, 1.165) is 13.0 Å². The van der Waals surface area contributed by atoms with E-state index in [0.29, 0.717) is 10.9 Å². The lowest BCUT2D eigenvalue weighted by molar-refractivity contribution is 0.121. The lowest BCUT2D eigenvalue weighted by Gasteiger charge is -2.35. The summed E-state index contributed by atoms with van der Waals surface area (Å²) >= 11 is 9.57. The Hall–Kier alpha value is -1.04. The SMILES string of the molecule is COC[C@@H]1Cc2c([nH]c3ccccc23)CN1C(=S)S. The number of H-pyrrole nitrogens is 1. The second-order valence-corrected chi connectivity index (χ2v) is 5.96. The Morgan fingerprint density at radius 1 is 1.53 bits per heavy atom. The van der Waals surface area contributed by atoms with Crippen molar-refractivity contribution in [3.8, 4) is 0 Å². The highest BCUT2D eigenvalue weighted by Gasteiger charge is 2.29. The number of fused-ring (bicyclic) bond motifs is 3. The third kappa shape index (κ3) is 2.26. The van der Waals surface area contributed by atoms with E-state index in [1.165, 1.54) is 22.2 Å². The van der Waals surface area contributed by atoms with Crippen molar-refractivity contribution in [3.05, 3.63) is 35.5 Å². The molecule has 0 fully saturated rings. The van der Waals surface area contributed by atoms with E-state index < -0.39 is 0 Å². The fourth-order valence-corrected chi connectivity index (χ4v) is 3.28. The van der Waals surface area contributed by atoms with E-state index in [-0.39, 0.29) is 6.04 Å². The molecular formula is C14H16N2OS2. The van der Waals surface area contributed by atoms with Gasteiger partial charge in [-0.2, -0.15) is 0 Å². The Morgan fingerprint density at radius 2 is 2.32 bits per heavy atom. The zero-order chi connectivity index (χ0) is 13.4. The Balaban J connectivity index is 2.04. The van der Waals surface area contributed by atoms with Crippen molar-refractivity contribution in [1.29, 1.82) is 0 Å². The number of ether oxygens (including phenoxy) is 1. The Kier molecular flexibility index (Phi) is 3.52. The quantitative estimate of drug-likeness (QED) is 0.658. The molecule has 0 unspecified atom stereocenters. The molecule has 2 aromatic rings. The van der Waals surface area contributed by atoms with Crippen molar-refractivity contribution in [2.45, 2.75) is 19.0 Å². The number of hydrogen-bond donors (Lipinski definition) is 2. The summed E-state index contributed by atoms with van der Waals surface area (Å²) in [4.78, 5) is 5.61. The highest BCUT2D eigenvalue weighted by atomic mass is 32.1. The minimum atomic E-state index is 0.265. The topological polar surface area (TPSA) is 28.3 Å². The average molecular weight is 292 g/mol. The zero-order valence-corrected chi connectivity index (χ0v) is 12.4. The largest absolute Gasteiger partial charge is 0.383 e. The molecule has 19 heavy (non-hydrogen) atoms. The second-order valence-electron chi connectivity index (χ2n) is 4.85. The molecule has 1 atom stereocenters. The van der Waals surface area contributed by atoms with Gasteiger partial charge in [0, 0.05) is 23.7 Å². The number of para-hydroxylation sites is 1. The lowest BCUT2D eigenvalue weighted by Crippen LogP contribution is -2.44. The van der Waals surface area contributed by atoms with Crippen molar-refractivity contribution in [2.24, 2.45) is 0 Å². The summed E-state index contributed by atoms with van der Waals surface area (Å²) in [7, 11) is 1.73. The normalized spacial score (nSPS) is 18.6. The number of thiol groups is 1. The summed E-state index contributed by atoms with van der Waals surface area (Å²) in [5.74, 6) is 0. The van der Waals surface area contributed by atoms with Crippen LogP contribution in [0.3, 0.4) is 0 Å². The van der Waals surface area contributed by atoms with Crippen molar-refractivity contribution >= 4 is 40.1 Å². The van der Waals surface area contributed by atoms with E-state index in [9.17, 15) is 0 Å². The van der Waals surface area contributed by atoms with Crippen molar-refractivity contribution < 1.29 is 4.74 Å². The maximum absolute atomic E-state index is 5.32. The van der Waals surface area contributed by atoms with Gasteiger partial charge in [-0.05, 0) is 18.1 Å². The van der Waals surface area contributed by atoms with E-state index >= 15 is 0 Å². The molecule has 0 amide bonds. The molecule has 1 aromatic heterocycles. The molecule has 0 radical (unpaired) electrons. The summed E-state index contributed by atoms with van der Waals surface area (Å²) in [6.07, 6.45) is 0.938. The van der Waals surface area contributed by atoms with Gasteiger partial charge in [-0.1, -0.05) is 30.4 Å². The lowest BCUT2D eigenvalue weighted by atomic mass is 9.97. The van der Waals surface area contributed by atoms with Crippen molar-refractivity contribution in [1.82, 2.24) is 9.88 Å². The fourth-order valence-electron chi connectivity index (χ4n) is 2.83. The molecule has 1 aliphatic rings. The van der Waals surface area contributed by atoms with E-state index in [1.54, 1.807) is 7.11 Å². The van der Waals surface area contributed by atoms with Gasteiger partial charge >= 0.3 is 0 Å². The van der Waals surface area contributed by atoms with Gasteiger partial charge in [0.1, 0.15) is 4.32 Å². The monoisotopic (exact) mass is 292 g/mol. The molecule has 1 aliphatic heterocycles. The van der Waals surface area contributed by atoms with Crippen LogP contribution in [-0.2, 0) is 17.7 Å². The predicted octanol–water partition coefficient (Wildman–Crippen LogP) is 2.76. The van der Waals surface area contributed by atoms with Gasteiger partial charge in [0.2, 0.25) is 0 Å². The van der Waals surface area contributed by atoms with Crippen LogP contribution in [0.5, 0.6) is 0 Å². The fraction of sp³-hybridized carbons (Fsp3) is 0.357. The van der Waals surface area contributed by atoms with Gasteiger partial charge < -0.3 is 14.6 Å². The highest BCUT2D eigenvalue weighted by molar-refractivity contribution is 8.10. The number of thiocarbonyl (C=S) groups is 1. The third-order valence-electron chi connectivity index (χ3n) is 3.72. The van der Waals surface area contributed by atoms with E-state index in [1.807, 2.05) is 0 Å². The zero-order valence-electron chi connectivity index (χ0n) is 10.7. The van der Waals surface area contributed by atoms with Crippen LogP contribution in [0.1, 0.15) is 11.3 Å². The molecular weight excluding hydrogens is 276 g/mol. The minimum Gasteiger partial charge on any atom is -0.383 e. The standard InChI is InChI=1S/C14H16N2OS2/c1-17-8-9-6-11-10-4-2-3-5-12(10)15-13(11)7-16(9)14(18)19/h2-5,9,15H,6-8H2,1H3,(H,18,19)/t9-/m0/s1. The molecule has 0 aliphatic carbocycles. The molecule has 3 nitrogen and oxygen atoms in total. The van der Waals surface area contributed by atoms with E-state index in [4.69, 9.17) is 17.0 Å². The average Bonchev–Trinajstić information content (AvgIpc) is 2.76. The van der Waals surface area contributed by atoms with Crippen molar-refractivity contribution in [2.75, 3.05) is 13.7 Å². The smallest absolute Gasteiger partial charge is 0.133 e. The molecule has 5 heteroatoms. The maximum Gasteiger partial charge on any atom is 0.133 e. The molecule has 1 N–H and O–H groups in total. The highest BCUT2D eigenvalue weighted by Crippen LogP contribution is 2.30. The summed E-state index contributed by atoms with van der Waals surface area (Å²) in [5.41, 5.74) is 3.82. The van der Waals surface area contributed by atoms with Crippen LogP contribution >= 0.6 is 24.8 Å². The second kappa shape index (κ2) is 5.15. The van der Waals surface area contributed by atoms with Crippen LogP contribution in [0.25, 0.3) is 10.9 Å². The van der Waals surface area contributed by atoms with Gasteiger partial charge in [0.25, 0.3) is 0 Å². The van der Waals surface area contributed by atoms with Gasteiger partial charge in [-0.25, -0.2) is 0 Å². The molecule has 100 valence electrons. The Labute approximate surface area is 123 Å².